The van der Waals surface area contributed by atoms with Crippen LogP contribution in [-0.2, 0) is 6.42 Å². The van der Waals surface area contributed by atoms with E-state index < -0.39 is 0 Å². The molecular formula is C12H15BrCl2. The minimum atomic E-state index is 0.598. The molecule has 1 aromatic carbocycles. The van der Waals surface area contributed by atoms with E-state index in [1.54, 1.807) is 0 Å². The third kappa shape index (κ3) is 3.65. The molecule has 0 fully saturated rings. The number of benzene rings is 1. The van der Waals surface area contributed by atoms with Crippen LogP contribution in [0.1, 0.15) is 19.4 Å². The van der Waals surface area contributed by atoms with E-state index in [0.29, 0.717) is 21.9 Å². The van der Waals surface area contributed by atoms with Crippen LogP contribution in [0.5, 0.6) is 0 Å². The SMILES string of the molecule is CC(C)C(CBr)Cc1cccc(Cl)c1Cl. The van der Waals surface area contributed by atoms with E-state index in [-0.39, 0.29) is 0 Å². The van der Waals surface area contributed by atoms with Crippen molar-refractivity contribution in [1.29, 1.82) is 0 Å². The van der Waals surface area contributed by atoms with Gasteiger partial charge in [0, 0.05) is 5.33 Å². The Morgan fingerprint density at radius 1 is 1.27 bits per heavy atom. The van der Waals surface area contributed by atoms with Gasteiger partial charge >= 0.3 is 0 Å². The molecule has 0 amide bonds. The lowest BCUT2D eigenvalue weighted by atomic mass is 9.91. The summed E-state index contributed by atoms with van der Waals surface area (Å²) in [5.41, 5.74) is 1.14. The monoisotopic (exact) mass is 308 g/mol. The van der Waals surface area contributed by atoms with Crippen LogP contribution in [0.15, 0.2) is 18.2 Å². The van der Waals surface area contributed by atoms with Gasteiger partial charge in [-0.1, -0.05) is 65.1 Å². The van der Waals surface area contributed by atoms with Crippen molar-refractivity contribution in [1.82, 2.24) is 0 Å². The van der Waals surface area contributed by atoms with E-state index in [1.165, 1.54) is 0 Å². The lowest BCUT2D eigenvalue weighted by molar-refractivity contribution is 0.427. The second-order valence-corrected chi connectivity index (χ2v) is 5.51. The highest BCUT2D eigenvalue weighted by atomic mass is 79.9. The fourth-order valence-corrected chi connectivity index (χ4v) is 2.83. The van der Waals surface area contributed by atoms with Gasteiger partial charge in [0.25, 0.3) is 0 Å². The van der Waals surface area contributed by atoms with Crippen molar-refractivity contribution in [3.05, 3.63) is 33.8 Å². The normalized spacial score (nSPS) is 13.2. The van der Waals surface area contributed by atoms with E-state index in [1.807, 2.05) is 18.2 Å². The fraction of sp³-hybridized carbons (Fsp3) is 0.500. The lowest BCUT2D eigenvalue weighted by Gasteiger charge is -2.19. The Morgan fingerprint density at radius 3 is 2.47 bits per heavy atom. The second kappa shape index (κ2) is 6.12. The molecule has 0 saturated carbocycles. The predicted molar refractivity (Wildman–Crippen MR) is 72.3 cm³/mol. The average molecular weight is 310 g/mol. The first kappa shape index (κ1) is 13.3. The van der Waals surface area contributed by atoms with Gasteiger partial charge in [-0.15, -0.1) is 0 Å². The summed E-state index contributed by atoms with van der Waals surface area (Å²) >= 11 is 15.7. The topological polar surface area (TPSA) is 0 Å². The van der Waals surface area contributed by atoms with Crippen LogP contribution in [0.25, 0.3) is 0 Å². The Labute approximate surface area is 110 Å². The minimum absolute atomic E-state index is 0.598. The van der Waals surface area contributed by atoms with Crippen LogP contribution in [-0.4, -0.2) is 5.33 Å². The van der Waals surface area contributed by atoms with Crippen LogP contribution in [0.2, 0.25) is 10.0 Å². The largest absolute Gasteiger partial charge is 0.0925 e. The van der Waals surface area contributed by atoms with E-state index in [0.717, 1.165) is 17.3 Å². The maximum absolute atomic E-state index is 6.15. The molecule has 0 aromatic heterocycles. The van der Waals surface area contributed by atoms with Crippen molar-refractivity contribution in [2.24, 2.45) is 11.8 Å². The summed E-state index contributed by atoms with van der Waals surface area (Å²) in [5, 5.41) is 2.34. The molecule has 0 radical (unpaired) electrons. The zero-order chi connectivity index (χ0) is 11.4. The molecule has 15 heavy (non-hydrogen) atoms. The first-order chi connectivity index (χ1) is 7.06. The molecule has 0 spiro atoms. The summed E-state index contributed by atoms with van der Waals surface area (Å²) in [6, 6.07) is 5.83. The number of hydrogen-bond donors (Lipinski definition) is 0. The Kier molecular flexibility index (Phi) is 5.45. The first-order valence-electron chi connectivity index (χ1n) is 5.05. The van der Waals surface area contributed by atoms with Crippen molar-refractivity contribution >= 4 is 39.1 Å². The van der Waals surface area contributed by atoms with Crippen molar-refractivity contribution < 1.29 is 0 Å². The summed E-state index contributed by atoms with van der Waals surface area (Å²) in [6.07, 6.45) is 0.975. The van der Waals surface area contributed by atoms with Gasteiger partial charge in [0.1, 0.15) is 0 Å². The van der Waals surface area contributed by atoms with Crippen LogP contribution < -0.4 is 0 Å². The van der Waals surface area contributed by atoms with Crippen LogP contribution >= 0.6 is 39.1 Å². The van der Waals surface area contributed by atoms with Crippen molar-refractivity contribution in [3.8, 4) is 0 Å². The van der Waals surface area contributed by atoms with Gasteiger partial charge in [-0.3, -0.25) is 0 Å². The second-order valence-electron chi connectivity index (χ2n) is 4.08. The third-order valence-corrected chi connectivity index (χ3v) is 4.34. The number of halogens is 3. The summed E-state index contributed by atoms with van der Waals surface area (Å²) in [7, 11) is 0. The summed E-state index contributed by atoms with van der Waals surface area (Å²) in [6.45, 7) is 4.45. The number of rotatable bonds is 4. The van der Waals surface area contributed by atoms with Crippen LogP contribution in [0, 0.1) is 11.8 Å². The smallest absolute Gasteiger partial charge is 0.0624 e. The number of alkyl halides is 1. The van der Waals surface area contributed by atoms with Crippen LogP contribution in [0.3, 0.4) is 0 Å². The third-order valence-electron chi connectivity index (χ3n) is 2.65. The predicted octanol–water partition coefficient (Wildman–Crippen LogP) is 5.20. The van der Waals surface area contributed by atoms with Gasteiger partial charge in [0.05, 0.1) is 10.0 Å². The van der Waals surface area contributed by atoms with Gasteiger partial charge < -0.3 is 0 Å². The van der Waals surface area contributed by atoms with Crippen molar-refractivity contribution in [3.63, 3.8) is 0 Å². The minimum Gasteiger partial charge on any atom is -0.0925 e. The Balaban J connectivity index is 2.84. The number of hydrogen-bond acceptors (Lipinski definition) is 0. The maximum Gasteiger partial charge on any atom is 0.0624 e. The highest BCUT2D eigenvalue weighted by molar-refractivity contribution is 9.09. The van der Waals surface area contributed by atoms with Gasteiger partial charge in [-0.25, -0.2) is 0 Å². The molecule has 0 aliphatic heterocycles. The molecule has 0 aliphatic carbocycles. The summed E-state index contributed by atoms with van der Waals surface area (Å²) in [5.74, 6) is 1.24. The van der Waals surface area contributed by atoms with Gasteiger partial charge in [0.15, 0.2) is 0 Å². The summed E-state index contributed by atoms with van der Waals surface area (Å²) < 4.78 is 0. The highest BCUT2D eigenvalue weighted by Crippen LogP contribution is 2.29. The molecule has 0 heterocycles. The van der Waals surface area contributed by atoms with E-state index in [4.69, 9.17) is 23.2 Å². The molecular weight excluding hydrogens is 295 g/mol. The molecule has 0 nitrogen and oxygen atoms in total. The van der Waals surface area contributed by atoms with Crippen molar-refractivity contribution in [2.75, 3.05) is 5.33 Å². The van der Waals surface area contributed by atoms with Crippen LogP contribution in [0.4, 0.5) is 0 Å². The standard InChI is InChI=1S/C12H15BrCl2/c1-8(2)10(7-13)6-9-4-3-5-11(14)12(9)15/h3-5,8,10H,6-7H2,1-2H3. The van der Waals surface area contributed by atoms with Gasteiger partial charge in [0.2, 0.25) is 0 Å². The highest BCUT2D eigenvalue weighted by Gasteiger charge is 2.15. The zero-order valence-electron chi connectivity index (χ0n) is 8.93. The summed E-state index contributed by atoms with van der Waals surface area (Å²) in [4.78, 5) is 0. The van der Waals surface area contributed by atoms with Gasteiger partial charge in [-0.05, 0) is 29.9 Å². The molecule has 1 aromatic rings. The first-order valence-corrected chi connectivity index (χ1v) is 6.92. The molecule has 0 saturated heterocycles. The molecule has 1 unspecified atom stereocenters. The molecule has 0 N–H and O–H groups in total. The molecule has 1 atom stereocenters. The lowest BCUT2D eigenvalue weighted by Crippen LogP contribution is -2.13. The zero-order valence-corrected chi connectivity index (χ0v) is 12.0. The van der Waals surface area contributed by atoms with E-state index in [2.05, 4.69) is 29.8 Å². The van der Waals surface area contributed by atoms with Gasteiger partial charge in [-0.2, -0.15) is 0 Å². The molecule has 1 rings (SSSR count). The maximum atomic E-state index is 6.15. The fourth-order valence-electron chi connectivity index (χ4n) is 1.46. The Morgan fingerprint density at radius 2 is 1.93 bits per heavy atom. The quantitative estimate of drug-likeness (QED) is 0.670. The van der Waals surface area contributed by atoms with E-state index >= 15 is 0 Å². The Hall–Kier alpha value is 0.280. The molecule has 84 valence electrons. The molecule has 3 heteroatoms. The Bertz CT molecular complexity index is 323. The van der Waals surface area contributed by atoms with E-state index in [9.17, 15) is 0 Å². The van der Waals surface area contributed by atoms with Crippen molar-refractivity contribution in [2.45, 2.75) is 20.3 Å². The average Bonchev–Trinajstić information content (AvgIpc) is 2.19. The molecule has 0 aliphatic rings. The molecule has 0 bridgehead atoms.